The highest BCUT2D eigenvalue weighted by Gasteiger charge is 2.09. The van der Waals surface area contributed by atoms with Gasteiger partial charge in [0.1, 0.15) is 6.29 Å². The summed E-state index contributed by atoms with van der Waals surface area (Å²) >= 11 is 0. The molecule has 4 rings (SSSR count). The van der Waals surface area contributed by atoms with Gasteiger partial charge in [0.05, 0.1) is 0 Å². The minimum atomic E-state index is 0.738. The molecule has 0 saturated heterocycles. The molecule has 4 aromatic rings. The second-order valence-electron chi connectivity index (χ2n) is 6.97. The van der Waals surface area contributed by atoms with E-state index in [1.54, 1.807) is 0 Å². The Hall–Kier alpha value is -3.45. The van der Waals surface area contributed by atoms with E-state index in [1.165, 1.54) is 33.4 Å². The molecule has 0 atom stereocenters. The van der Waals surface area contributed by atoms with Gasteiger partial charge < -0.3 is 0 Å². The van der Waals surface area contributed by atoms with E-state index in [0.717, 1.165) is 24.7 Å². The minimum Gasteiger partial charge on any atom is -0.298 e. The molecule has 0 spiro atoms. The van der Waals surface area contributed by atoms with Crippen LogP contribution in [-0.2, 0) is 12.8 Å². The maximum Gasteiger partial charge on any atom is 0.150 e. The van der Waals surface area contributed by atoms with Crippen molar-refractivity contribution < 1.29 is 4.79 Å². The fraction of sp³-hybridized carbons (Fsp3) is 0.0741. The average molecular weight is 362 g/mol. The molecule has 0 N–H and O–H groups in total. The van der Waals surface area contributed by atoms with Gasteiger partial charge in [0, 0.05) is 5.56 Å². The van der Waals surface area contributed by atoms with Gasteiger partial charge in [0.25, 0.3) is 0 Å². The van der Waals surface area contributed by atoms with Gasteiger partial charge in [0.15, 0.2) is 0 Å². The molecule has 0 heterocycles. The van der Waals surface area contributed by atoms with Crippen LogP contribution in [-0.4, -0.2) is 6.29 Å². The molecule has 28 heavy (non-hydrogen) atoms. The maximum atomic E-state index is 11.0. The molecule has 1 heteroatoms. The van der Waals surface area contributed by atoms with Gasteiger partial charge in [-0.2, -0.15) is 0 Å². The first-order valence-corrected chi connectivity index (χ1v) is 9.61. The molecule has 0 aliphatic rings. The molecule has 0 fully saturated rings. The predicted octanol–water partition coefficient (Wildman–Crippen LogP) is 6.62. The van der Waals surface area contributed by atoms with Crippen LogP contribution in [0.4, 0.5) is 0 Å². The molecule has 0 radical (unpaired) electrons. The van der Waals surface area contributed by atoms with Crippen molar-refractivity contribution in [1.29, 1.82) is 0 Å². The van der Waals surface area contributed by atoms with Crippen LogP contribution >= 0.6 is 0 Å². The Bertz CT molecular complexity index is 1070. The Morgan fingerprint density at radius 3 is 1.79 bits per heavy atom. The van der Waals surface area contributed by atoms with Gasteiger partial charge in [-0.05, 0) is 52.3 Å². The number of carbonyl (C=O) groups is 1. The zero-order valence-corrected chi connectivity index (χ0v) is 15.7. The van der Waals surface area contributed by atoms with Crippen LogP contribution in [0.5, 0.6) is 0 Å². The van der Waals surface area contributed by atoms with E-state index in [2.05, 4.69) is 78.9 Å². The average Bonchev–Trinajstić information content (AvgIpc) is 2.79. The standard InChI is InChI=1S/C27H22O/c28-20-23-9-7-8-21(18-23)14-15-22-16-17-26(24-10-3-1-4-11-24)27(19-22)25-12-5-2-6-13-25/h1-13,16-20H,14-15H2. The molecule has 0 aliphatic heterocycles. The number of benzene rings is 4. The third-order valence-electron chi connectivity index (χ3n) is 5.04. The summed E-state index contributed by atoms with van der Waals surface area (Å²) in [4.78, 5) is 11.0. The zero-order chi connectivity index (χ0) is 19.2. The second kappa shape index (κ2) is 8.49. The highest BCUT2D eigenvalue weighted by Crippen LogP contribution is 2.33. The minimum absolute atomic E-state index is 0.738. The van der Waals surface area contributed by atoms with Gasteiger partial charge in [-0.1, -0.05) is 97.1 Å². The van der Waals surface area contributed by atoms with Crippen LogP contribution < -0.4 is 0 Å². The summed E-state index contributed by atoms with van der Waals surface area (Å²) in [6.07, 6.45) is 2.77. The highest BCUT2D eigenvalue weighted by molar-refractivity contribution is 5.83. The van der Waals surface area contributed by atoms with E-state index >= 15 is 0 Å². The van der Waals surface area contributed by atoms with Crippen LogP contribution in [0.15, 0.2) is 103 Å². The van der Waals surface area contributed by atoms with Crippen molar-refractivity contribution in [3.8, 4) is 22.3 Å². The molecule has 4 aromatic carbocycles. The molecule has 0 bridgehead atoms. The lowest BCUT2D eigenvalue weighted by Gasteiger charge is -2.13. The normalized spacial score (nSPS) is 10.6. The summed E-state index contributed by atoms with van der Waals surface area (Å²) in [6, 6.07) is 35.7. The van der Waals surface area contributed by atoms with Gasteiger partial charge in [-0.25, -0.2) is 0 Å². The number of rotatable bonds is 6. The Morgan fingerprint density at radius 1 is 0.536 bits per heavy atom. The molecule has 136 valence electrons. The number of carbonyl (C=O) groups excluding carboxylic acids is 1. The van der Waals surface area contributed by atoms with E-state index in [4.69, 9.17) is 0 Å². The molecule has 0 aromatic heterocycles. The molecule has 0 unspecified atom stereocenters. The lowest BCUT2D eigenvalue weighted by molar-refractivity contribution is 0.112. The summed E-state index contributed by atoms with van der Waals surface area (Å²) in [6.45, 7) is 0. The van der Waals surface area contributed by atoms with Crippen LogP contribution in [0, 0.1) is 0 Å². The van der Waals surface area contributed by atoms with Crippen molar-refractivity contribution in [2.45, 2.75) is 12.8 Å². The van der Waals surface area contributed by atoms with E-state index < -0.39 is 0 Å². The van der Waals surface area contributed by atoms with Crippen molar-refractivity contribution >= 4 is 6.29 Å². The van der Waals surface area contributed by atoms with Crippen LogP contribution in [0.3, 0.4) is 0 Å². The third-order valence-corrected chi connectivity index (χ3v) is 5.04. The van der Waals surface area contributed by atoms with Crippen LogP contribution in [0.2, 0.25) is 0 Å². The molecule has 0 saturated carbocycles. The Kier molecular flexibility index (Phi) is 5.44. The van der Waals surface area contributed by atoms with Crippen molar-refractivity contribution in [2.24, 2.45) is 0 Å². The van der Waals surface area contributed by atoms with E-state index in [9.17, 15) is 4.79 Å². The van der Waals surface area contributed by atoms with Crippen LogP contribution in [0.1, 0.15) is 21.5 Å². The van der Waals surface area contributed by atoms with E-state index in [0.29, 0.717) is 0 Å². The largest absolute Gasteiger partial charge is 0.298 e. The smallest absolute Gasteiger partial charge is 0.150 e. The molecule has 0 amide bonds. The highest BCUT2D eigenvalue weighted by atomic mass is 16.1. The lowest BCUT2D eigenvalue weighted by Crippen LogP contribution is -1.94. The number of hydrogen-bond donors (Lipinski definition) is 0. The van der Waals surface area contributed by atoms with Gasteiger partial charge >= 0.3 is 0 Å². The summed E-state index contributed by atoms with van der Waals surface area (Å²) in [5, 5.41) is 0. The third kappa shape index (κ3) is 4.10. The zero-order valence-electron chi connectivity index (χ0n) is 15.7. The van der Waals surface area contributed by atoms with Crippen molar-refractivity contribution in [1.82, 2.24) is 0 Å². The van der Waals surface area contributed by atoms with Gasteiger partial charge in [0.2, 0.25) is 0 Å². The lowest BCUT2D eigenvalue weighted by atomic mass is 9.91. The topological polar surface area (TPSA) is 17.1 Å². The number of aryl methyl sites for hydroxylation is 2. The van der Waals surface area contributed by atoms with Crippen LogP contribution in [0.25, 0.3) is 22.3 Å². The predicted molar refractivity (Wildman–Crippen MR) is 117 cm³/mol. The first kappa shape index (κ1) is 17.9. The summed E-state index contributed by atoms with van der Waals surface area (Å²) in [7, 11) is 0. The second-order valence-corrected chi connectivity index (χ2v) is 6.97. The first-order chi connectivity index (χ1) is 13.8. The first-order valence-electron chi connectivity index (χ1n) is 9.61. The molecule has 0 aliphatic carbocycles. The quantitative estimate of drug-likeness (QED) is 0.352. The Labute approximate surface area is 166 Å². The van der Waals surface area contributed by atoms with E-state index in [1.807, 2.05) is 24.3 Å². The monoisotopic (exact) mass is 362 g/mol. The fourth-order valence-electron chi connectivity index (χ4n) is 3.58. The molecular formula is C27H22O. The number of hydrogen-bond acceptors (Lipinski definition) is 1. The molecular weight excluding hydrogens is 340 g/mol. The summed E-state index contributed by atoms with van der Waals surface area (Å²) in [5.74, 6) is 0. The van der Waals surface area contributed by atoms with E-state index in [-0.39, 0.29) is 0 Å². The van der Waals surface area contributed by atoms with Crippen molar-refractivity contribution in [3.63, 3.8) is 0 Å². The summed E-state index contributed by atoms with van der Waals surface area (Å²) in [5.41, 5.74) is 8.19. The Balaban J connectivity index is 1.67. The SMILES string of the molecule is O=Cc1cccc(CCc2ccc(-c3ccccc3)c(-c3ccccc3)c2)c1. The summed E-state index contributed by atoms with van der Waals surface area (Å²) < 4.78 is 0. The number of aldehydes is 1. The van der Waals surface area contributed by atoms with Crippen molar-refractivity contribution in [2.75, 3.05) is 0 Å². The Morgan fingerprint density at radius 2 is 1.14 bits per heavy atom. The molecule has 1 nitrogen and oxygen atoms in total. The fourth-order valence-corrected chi connectivity index (χ4v) is 3.58. The van der Waals surface area contributed by atoms with Crippen molar-refractivity contribution in [3.05, 3.63) is 120 Å². The van der Waals surface area contributed by atoms with Gasteiger partial charge in [-0.15, -0.1) is 0 Å². The van der Waals surface area contributed by atoms with Gasteiger partial charge in [-0.3, -0.25) is 4.79 Å². The maximum absolute atomic E-state index is 11.0.